The first-order valence-corrected chi connectivity index (χ1v) is 10.8. The monoisotopic (exact) mass is 425 g/mol. The minimum absolute atomic E-state index is 0.0234. The second-order valence-corrected chi connectivity index (χ2v) is 9.40. The van der Waals surface area contributed by atoms with E-state index >= 15 is 0 Å². The summed E-state index contributed by atoms with van der Waals surface area (Å²) in [6, 6.07) is 14.8. The lowest BCUT2D eigenvalue weighted by atomic mass is 9.63. The molecule has 30 heavy (non-hydrogen) atoms. The number of hydrogen-bond acceptors (Lipinski definition) is 3. The number of amides is 2. The van der Waals surface area contributed by atoms with Crippen LogP contribution in [0.2, 0.25) is 5.02 Å². The fraction of sp³-hybridized carbons (Fsp3) is 0.417. The van der Waals surface area contributed by atoms with Gasteiger partial charge in [-0.15, -0.1) is 0 Å². The highest BCUT2D eigenvalue weighted by Crippen LogP contribution is 2.56. The molecule has 1 saturated heterocycles. The molecule has 0 aromatic heterocycles. The van der Waals surface area contributed by atoms with E-state index in [-0.39, 0.29) is 23.8 Å². The van der Waals surface area contributed by atoms with Gasteiger partial charge in [0.15, 0.2) is 0 Å². The average molecular weight is 426 g/mol. The number of halogens is 1. The van der Waals surface area contributed by atoms with E-state index in [2.05, 4.69) is 24.5 Å². The second kappa shape index (κ2) is 7.71. The Kier molecular flexibility index (Phi) is 5.37. The molecule has 2 aliphatic rings. The molecular weight excluding hydrogens is 398 g/mol. The predicted octanol–water partition coefficient (Wildman–Crippen LogP) is 3.79. The number of anilines is 1. The zero-order valence-electron chi connectivity index (χ0n) is 17.8. The first-order valence-electron chi connectivity index (χ1n) is 10.4. The van der Waals surface area contributed by atoms with Gasteiger partial charge in [0.25, 0.3) is 0 Å². The number of carbonyl (C=O) groups is 2. The minimum Gasteiger partial charge on any atom is -0.347 e. The van der Waals surface area contributed by atoms with Crippen molar-refractivity contribution in [3.05, 3.63) is 64.7 Å². The Balaban J connectivity index is 1.98. The number of benzene rings is 2. The third-order valence-corrected chi connectivity index (χ3v) is 6.61. The fourth-order valence-corrected chi connectivity index (χ4v) is 5.41. The zero-order chi connectivity index (χ0) is 21.6. The number of carbonyl (C=O) groups excluding carboxylic acids is 2. The van der Waals surface area contributed by atoms with Crippen LogP contribution in [-0.4, -0.2) is 42.9 Å². The Hall–Kier alpha value is -2.37. The van der Waals surface area contributed by atoms with Gasteiger partial charge in [-0.1, -0.05) is 61.8 Å². The maximum Gasteiger partial charge on any atom is 0.239 e. The third kappa shape index (κ3) is 3.12. The Bertz CT molecular complexity index is 976. The summed E-state index contributed by atoms with van der Waals surface area (Å²) in [5, 5.41) is 7.24. The normalized spacial score (nSPS) is 27.4. The Morgan fingerprint density at radius 1 is 1.17 bits per heavy atom. The lowest BCUT2D eigenvalue weighted by molar-refractivity contribution is -0.131. The van der Waals surface area contributed by atoms with E-state index < -0.39 is 11.5 Å². The number of hydrogen-bond donors (Lipinski definition) is 2. The van der Waals surface area contributed by atoms with Crippen molar-refractivity contribution in [1.82, 2.24) is 10.2 Å². The van der Waals surface area contributed by atoms with Crippen LogP contribution < -0.4 is 10.6 Å². The van der Waals surface area contributed by atoms with Gasteiger partial charge in [-0.25, -0.2) is 0 Å². The van der Waals surface area contributed by atoms with Gasteiger partial charge in [0.05, 0.1) is 6.04 Å². The molecule has 0 saturated carbocycles. The summed E-state index contributed by atoms with van der Waals surface area (Å²) in [5.41, 5.74) is 1.75. The van der Waals surface area contributed by atoms with Crippen LogP contribution in [0.3, 0.4) is 0 Å². The van der Waals surface area contributed by atoms with Crippen LogP contribution in [0.1, 0.15) is 37.3 Å². The molecule has 0 radical (unpaired) electrons. The van der Waals surface area contributed by atoms with E-state index in [1.165, 1.54) is 0 Å². The first-order chi connectivity index (χ1) is 14.3. The van der Waals surface area contributed by atoms with Gasteiger partial charge in [-0.2, -0.15) is 0 Å². The number of fused-ring (bicyclic) bond motifs is 2. The summed E-state index contributed by atoms with van der Waals surface area (Å²) in [7, 11) is 3.52. The predicted molar refractivity (Wildman–Crippen MR) is 120 cm³/mol. The van der Waals surface area contributed by atoms with E-state index in [0.29, 0.717) is 10.9 Å². The highest BCUT2D eigenvalue weighted by molar-refractivity contribution is 6.31. The summed E-state index contributed by atoms with van der Waals surface area (Å²) in [6.45, 7) is 4.28. The molecule has 4 rings (SSSR count). The van der Waals surface area contributed by atoms with Crippen molar-refractivity contribution in [2.24, 2.45) is 5.92 Å². The van der Waals surface area contributed by atoms with Crippen LogP contribution in [0, 0.1) is 5.92 Å². The first kappa shape index (κ1) is 20.9. The van der Waals surface area contributed by atoms with Crippen LogP contribution in [0.25, 0.3) is 0 Å². The van der Waals surface area contributed by atoms with Crippen LogP contribution in [0.15, 0.2) is 48.5 Å². The summed E-state index contributed by atoms with van der Waals surface area (Å²) < 4.78 is 0. The summed E-state index contributed by atoms with van der Waals surface area (Å²) in [4.78, 5) is 28.7. The topological polar surface area (TPSA) is 61.4 Å². The van der Waals surface area contributed by atoms with E-state index in [9.17, 15) is 9.59 Å². The van der Waals surface area contributed by atoms with Gasteiger partial charge >= 0.3 is 0 Å². The summed E-state index contributed by atoms with van der Waals surface area (Å²) >= 11 is 6.23. The minimum atomic E-state index is -0.887. The zero-order valence-corrected chi connectivity index (χ0v) is 18.5. The van der Waals surface area contributed by atoms with Gasteiger partial charge in [0.1, 0.15) is 5.41 Å². The molecule has 0 aliphatic carbocycles. The van der Waals surface area contributed by atoms with Crippen molar-refractivity contribution in [2.45, 2.75) is 43.7 Å². The summed E-state index contributed by atoms with van der Waals surface area (Å²) in [6.07, 6.45) is 0.774. The smallest absolute Gasteiger partial charge is 0.239 e. The standard InChI is InChI=1S/C24H28ClN3O2/c1-14(2)12-19-24(17-11-10-16(25)13-18(17)26-23(24)30)20(15-8-6-5-7-9-15)21(27-19)22(29)28(3)4/h5-11,13-14,19-21,27H,12H2,1-4H3,(H,26,30)/t19-,20+,21?,24+/m1/s1. The molecule has 0 bridgehead atoms. The van der Waals surface area contributed by atoms with Gasteiger partial charge in [0, 0.05) is 36.8 Å². The Labute approximate surface area is 182 Å². The highest BCUT2D eigenvalue weighted by atomic mass is 35.5. The maximum atomic E-state index is 13.8. The number of likely N-dealkylation sites (N-methyl/N-ethyl adjacent to an activating group) is 1. The molecule has 2 heterocycles. The van der Waals surface area contributed by atoms with Crippen molar-refractivity contribution < 1.29 is 9.59 Å². The molecule has 2 N–H and O–H groups in total. The van der Waals surface area contributed by atoms with Gasteiger partial charge < -0.3 is 15.5 Å². The van der Waals surface area contributed by atoms with Gasteiger partial charge in [-0.05, 0) is 35.6 Å². The number of nitrogens with zero attached hydrogens (tertiary/aromatic N) is 1. The largest absolute Gasteiger partial charge is 0.347 e. The summed E-state index contributed by atoms with van der Waals surface area (Å²) in [5.74, 6) is -0.0709. The van der Waals surface area contributed by atoms with Crippen molar-refractivity contribution in [1.29, 1.82) is 0 Å². The second-order valence-electron chi connectivity index (χ2n) is 8.96. The van der Waals surface area contributed by atoms with E-state index in [4.69, 9.17) is 11.6 Å². The highest BCUT2D eigenvalue weighted by Gasteiger charge is 2.65. The molecule has 2 aromatic carbocycles. The Morgan fingerprint density at radius 3 is 2.50 bits per heavy atom. The molecule has 6 heteroatoms. The molecular formula is C24H28ClN3O2. The van der Waals surface area contributed by atoms with Crippen LogP contribution >= 0.6 is 11.6 Å². The van der Waals surface area contributed by atoms with Gasteiger partial charge in [-0.3, -0.25) is 9.59 Å². The average Bonchev–Trinajstić information content (AvgIpc) is 3.17. The molecule has 2 amide bonds. The van der Waals surface area contributed by atoms with E-state index in [0.717, 1.165) is 23.2 Å². The van der Waals surface area contributed by atoms with Crippen molar-refractivity contribution >= 4 is 29.1 Å². The molecule has 158 valence electrons. The maximum absolute atomic E-state index is 13.8. The van der Waals surface area contributed by atoms with Crippen molar-refractivity contribution in [3.8, 4) is 0 Å². The Morgan fingerprint density at radius 2 is 1.87 bits per heavy atom. The van der Waals surface area contributed by atoms with Crippen LogP contribution in [0.4, 0.5) is 5.69 Å². The molecule has 4 atom stereocenters. The van der Waals surface area contributed by atoms with E-state index in [1.54, 1.807) is 25.1 Å². The lowest BCUT2D eigenvalue weighted by Gasteiger charge is -2.36. The molecule has 1 unspecified atom stereocenters. The van der Waals surface area contributed by atoms with Crippen molar-refractivity contribution in [2.75, 3.05) is 19.4 Å². The van der Waals surface area contributed by atoms with Gasteiger partial charge in [0.2, 0.25) is 11.8 Å². The fourth-order valence-electron chi connectivity index (χ4n) is 5.24. The number of rotatable bonds is 4. The third-order valence-electron chi connectivity index (χ3n) is 6.38. The molecule has 5 nitrogen and oxygen atoms in total. The van der Waals surface area contributed by atoms with E-state index in [1.807, 2.05) is 42.5 Å². The molecule has 2 aliphatic heterocycles. The van der Waals surface area contributed by atoms with Crippen LogP contribution in [-0.2, 0) is 15.0 Å². The molecule has 2 aromatic rings. The SMILES string of the molecule is CC(C)C[C@H]1NC(C(=O)N(C)C)[C@H](c2ccccc2)[C@@]12C(=O)Nc1cc(Cl)ccc12. The molecule has 1 spiro atoms. The lowest BCUT2D eigenvalue weighted by Crippen LogP contribution is -2.48. The number of nitrogens with one attached hydrogen (secondary N) is 2. The molecule has 1 fully saturated rings. The van der Waals surface area contributed by atoms with Crippen LogP contribution in [0.5, 0.6) is 0 Å². The quantitative estimate of drug-likeness (QED) is 0.783. The van der Waals surface area contributed by atoms with Crippen molar-refractivity contribution in [3.63, 3.8) is 0 Å².